The van der Waals surface area contributed by atoms with E-state index >= 15 is 0 Å². The van der Waals surface area contributed by atoms with E-state index in [1.165, 1.54) is 6.42 Å². The highest BCUT2D eigenvalue weighted by atomic mass is 16.4. The van der Waals surface area contributed by atoms with Crippen LogP contribution in [-0.2, 0) is 4.79 Å². The minimum Gasteiger partial charge on any atom is -0.481 e. The van der Waals surface area contributed by atoms with Crippen LogP contribution in [0.1, 0.15) is 38.5 Å². The van der Waals surface area contributed by atoms with Crippen molar-refractivity contribution in [2.24, 2.45) is 11.8 Å². The lowest BCUT2D eigenvalue weighted by Crippen LogP contribution is -2.20. The molecule has 0 aromatic carbocycles. The summed E-state index contributed by atoms with van der Waals surface area (Å²) in [6.45, 7) is 0.151. The summed E-state index contributed by atoms with van der Waals surface area (Å²) in [5.41, 5.74) is 0. The number of hydrogen-bond donors (Lipinski definition) is 2. The van der Waals surface area contributed by atoms with Crippen LogP contribution < -0.4 is 0 Å². The summed E-state index contributed by atoms with van der Waals surface area (Å²) in [6.07, 6.45) is 5.64. The van der Waals surface area contributed by atoms with E-state index in [0.29, 0.717) is 0 Å². The van der Waals surface area contributed by atoms with Crippen molar-refractivity contribution < 1.29 is 15.0 Å². The molecule has 0 saturated heterocycles. The molecule has 1 aliphatic rings. The highest BCUT2D eigenvalue weighted by molar-refractivity contribution is 5.67. The standard InChI is InChI=1S/C10H18O3/c11-7-9-5-3-1-2-4-8(9)6-10(12)13/h8-9,11H,1-7H2,(H,12,13). The molecule has 1 fully saturated rings. The van der Waals surface area contributed by atoms with Gasteiger partial charge in [-0.1, -0.05) is 19.3 Å². The predicted octanol–water partition coefficient (Wildman–Crippen LogP) is 1.65. The lowest BCUT2D eigenvalue weighted by molar-refractivity contribution is -0.138. The SMILES string of the molecule is O=C(O)CC1CCCCCC1CO. The van der Waals surface area contributed by atoms with Crippen LogP contribution in [0.25, 0.3) is 0 Å². The van der Waals surface area contributed by atoms with Gasteiger partial charge in [-0.25, -0.2) is 0 Å². The van der Waals surface area contributed by atoms with Crippen molar-refractivity contribution in [2.45, 2.75) is 38.5 Å². The molecule has 1 rings (SSSR count). The zero-order valence-corrected chi connectivity index (χ0v) is 7.91. The van der Waals surface area contributed by atoms with Crippen molar-refractivity contribution in [3.8, 4) is 0 Å². The van der Waals surface area contributed by atoms with Gasteiger partial charge in [-0.15, -0.1) is 0 Å². The number of aliphatic hydroxyl groups excluding tert-OH is 1. The number of rotatable bonds is 3. The monoisotopic (exact) mass is 186 g/mol. The third kappa shape index (κ3) is 3.35. The van der Waals surface area contributed by atoms with Crippen molar-refractivity contribution in [1.29, 1.82) is 0 Å². The Morgan fingerprint density at radius 2 is 1.77 bits per heavy atom. The van der Waals surface area contributed by atoms with E-state index in [1.54, 1.807) is 0 Å². The van der Waals surface area contributed by atoms with E-state index in [2.05, 4.69) is 0 Å². The summed E-state index contributed by atoms with van der Waals surface area (Å²) in [5, 5.41) is 17.8. The molecule has 13 heavy (non-hydrogen) atoms. The molecule has 76 valence electrons. The topological polar surface area (TPSA) is 57.5 Å². The summed E-state index contributed by atoms with van der Waals surface area (Å²) in [7, 11) is 0. The number of aliphatic carboxylic acids is 1. The molecule has 2 unspecified atom stereocenters. The average molecular weight is 186 g/mol. The maximum Gasteiger partial charge on any atom is 0.303 e. The van der Waals surface area contributed by atoms with Gasteiger partial charge in [-0.05, 0) is 24.7 Å². The van der Waals surface area contributed by atoms with Crippen molar-refractivity contribution in [3.63, 3.8) is 0 Å². The third-order valence-corrected chi connectivity index (χ3v) is 2.99. The summed E-state index contributed by atoms with van der Waals surface area (Å²) < 4.78 is 0. The first-order valence-corrected chi connectivity index (χ1v) is 5.06. The molecule has 2 N–H and O–H groups in total. The molecule has 3 heteroatoms. The molecular formula is C10H18O3. The summed E-state index contributed by atoms with van der Waals surface area (Å²) in [6, 6.07) is 0. The van der Waals surface area contributed by atoms with Gasteiger partial charge in [-0.2, -0.15) is 0 Å². The Morgan fingerprint density at radius 1 is 1.15 bits per heavy atom. The smallest absolute Gasteiger partial charge is 0.303 e. The van der Waals surface area contributed by atoms with Crippen LogP contribution in [0.5, 0.6) is 0 Å². The highest BCUT2D eigenvalue weighted by Gasteiger charge is 2.24. The minimum absolute atomic E-state index is 0.151. The fraction of sp³-hybridized carbons (Fsp3) is 0.900. The van der Waals surface area contributed by atoms with Gasteiger partial charge in [-0.3, -0.25) is 4.79 Å². The first-order valence-electron chi connectivity index (χ1n) is 5.06. The second kappa shape index (κ2) is 5.22. The lowest BCUT2D eigenvalue weighted by atomic mass is 9.86. The maximum atomic E-state index is 10.6. The van der Waals surface area contributed by atoms with Crippen molar-refractivity contribution in [1.82, 2.24) is 0 Å². The van der Waals surface area contributed by atoms with Gasteiger partial charge in [0, 0.05) is 13.0 Å². The Morgan fingerprint density at radius 3 is 2.31 bits per heavy atom. The minimum atomic E-state index is -0.731. The highest BCUT2D eigenvalue weighted by Crippen LogP contribution is 2.30. The van der Waals surface area contributed by atoms with Gasteiger partial charge in [0.25, 0.3) is 0 Å². The Kier molecular flexibility index (Phi) is 4.22. The van der Waals surface area contributed by atoms with Crippen molar-refractivity contribution in [2.75, 3.05) is 6.61 Å². The molecule has 0 radical (unpaired) electrons. The first kappa shape index (κ1) is 10.5. The number of carbonyl (C=O) groups is 1. The van der Waals surface area contributed by atoms with Crippen molar-refractivity contribution >= 4 is 5.97 Å². The fourth-order valence-corrected chi connectivity index (χ4v) is 2.19. The van der Waals surface area contributed by atoms with Gasteiger partial charge in [0.15, 0.2) is 0 Å². The van der Waals surface area contributed by atoms with Crippen LogP contribution in [0.4, 0.5) is 0 Å². The van der Waals surface area contributed by atoms with Crippen LogP contribution in [0.3, 0.4) is 0 Å². The first-order chi connectivity index (χ1) is 6.24. The zero-order chi connectivity index (χ0) is 9.68. The molecule has 0 aromatic heterocycles. The Labute approximate surface area is 78.8 Å². The molecule has 1 saturated carbocycles. The van der Waals surface area contributed by atoms with E-state index in [4.69, 9.17) is 10.2 Å². The van der Waals surface area contributed by atoms with E-state index in [9.17, 15) is 4.79 Å². The van der Waals surface area contributed by atoms with Crippen LogP contribution in [-0.4, -0.2) is 22.8 Å². The summed E-state index contributed by atoms with van der Waals surface area (Å²) in [5.74, 6) is -0.311. The van der Waals surface area contributed by atoms with Gasteiger partial charge in [0.05, 0.1) is 0 Å². The van der Waals surface area contributed by atoms with Crippen LogP contribution >= 0.6 is 0 Å². The predicted molar refractivity (Wildman–Crippen MR) is 49.4 cm³/mol. The molecule has 2 atom stereocenters. The number of carboxylic acid groups (broad SMARTS) is 1. The van der Waals surface area contributed by atoms with E-state index < -0.39 is 5.97 Å². The van der Waals surface area contributed by atoms with Crippen molar-refractivity contribution in [3.05, 3.63) is 0 Å². The third-order valence-electron chi connectivity index (χ3n) is 2.99. The Bertz CT molecular complexity index is 168. The average Bonchev–Trinajstić information content (AvgIpc) is 2.28. The largest absolute Gasteiger partial charge is 0.481 e. The summed E-state index contributed by atoms with van der Waals surface area (Å²) in [4.78, 5) is 10.6. The van der Waals surface area contributed by atoms with Crippen LogP contribution in [0.15, 0.2) is 0 Å². The molecule has 0 amide bonds. The molecular weight excluding hydrogens is 168 g/mol. The van der Waals surface area contributed by atoms with Crippen LogP contribution in [0.2, 0.25) is 0 Å². The fourth-order valence-electron chi connectivity index (χ4n) is 2.19. The van der Waals surface area contributed by atoms with Gasteiger partial charge >= 0.3 is 5.97 Å². The normalized spacial score (nSPS) is 29.6. The molecule has 0 heterocycles. The zero-order valence-electron chi connectivity index (χ0n) is 7.91. The Hall–Kier alpha value is -0.570. The molecule has 3 nitrogen and oxygen atoms in total. The second-order valence-electron chi connectivity index (χ2n) is 3.94. The van der Waals surface area contributed by atoms with E-state index in [1.807, 2.05) is 0 Å². The Balaban J connectivity index is 2.48. The van der Waals surface area contributed by atoms with Crippen LogP contribution in [0, 0.1) is 11.8 Å². The van der Waals surface area contributed by atoms with E-state index in [0.717, 1.165) is 25.7 Å². The number of carboxylic acids is 1. The number of hydrogen-bond acceptors (Lipinski definition) is 2. The van der Waals surface area contributed by atoms with Gasteiger partial charge in [0.2, 0.25) is 0 Å². The lowest BCUT2D eigenvalue weighted by Gasteiger charge is -2.21. The molecule has 1 aliphatic carbocycles. The molecule has 0 aliphatic heterocycles. The van der Waals surface area contributed by atoms with Gasteiger partial charge < -0.3 is 10.2 Å². The maximum absolute atomic E-state index is 10.6. The molecule has 0 bridgehead atoms. The number of aliphatic hydroxyl groups is 1. The van der Waals surface area contributed by atoms with Gasteiger partial charge in [0.1, 0.15) is 0 Å². The van der Waals surface area contributed by atoms with E-state index in [-0.39, 0.29) is 24.9 Å². The molecule has 0 spiro atoms. The summed E-state index contributed by atoms with van der Waals surface area (Å²) >= 11 is 0. The molecule has 0 aromatic rings. The quantitative estimate of drug-likeness (QED) is 0.659. The second-order valence-corrected chi connectivity index (χ2v) is 3.94.